The van der Waals surface area contributed by atoms with E-state index >= 15 is 0 Å². The van der Waals surface area contributed by atoms with Gasteiger partial charge in [0.25, 0.3) is 6.43 Å². The second-order valence-electron chi connectivity index (χ2n) is 3.00. The number of hydrogen-bond acceptors (Lipinski definition) is 5. The van der Waals surface area contributed by atoms with E-state index in [9.17, 15) is 36.9 Å². The number of alkyl halides is 5. The number of nitrogens with zero attached hydrogens (tertiary/aromatic N) is 2. The fraction of sp³-hybridized carbons (Fsp3) is 0.250. The molecule has 1 heterocycles. The summed E-state index contributed by atoms with van der Waals surface area (Å²) in [6, 6.07) is 0.0714. The SMILES string of the molecule is O=Cc1nc([N+](=O)[O-])cc(OC(F)(F)F)c1C(F)F. The van der Waals surface area contributed by atoms with Crippen LogP contribution in [0.15, 0.2) is 6.07 Å². The maximum absolute atomic E-state index is 12.6. The number of aromatic nitrogens is 1. The highest BCUT2D eigenvalue weighted by Crippen LogP contribution is 2.36. The lowest BCUT2D eigenvalue weighted by Gasteiger charge is -2.12. The van der Waals surface area contributed by atoms with Crippen molar-refractivity contribution in [2.75, 3.05) is 0 Å². The molecule has 0 N–H and O–H groups in total. The summed E-state index contributed by atoms with van der Waals surface area (Å²) in [5, 5.41) is 10.4. The third-order valence-electron chi connectivity index (χ3n) is 1.78. The predicted octanol–water partition coefficient (Wildman–Crippen LogP) is 2.64. The summed E-state index contributed by atoms with van der Waals surface area (Å²) in [5.41, 5.74) is -2.65. The van der Waals surface area contributed by atoms with Crippen LogP contribution in [-0.2, 0) is 0 Å². The number of nitro groups is 1. The Morgan fingerprint density at radius 3 is 2.37 bits per heavy atom. The van der Waals surface area contributed by atoms with Gasteiger partial charge in [0.15, 0.2) is 12.0 Å². The maximum atomic E-state index is 12.6. The number of rotatable bonds is 4. The number of carbonyl (C=O) groups excluding carboxylic acids is 1. The van der Waals surface area contributed by atoms with E-state index in [1.54, 1.807) is 0 Å². The molecule has 11 heteroatoms. The highest BCUT2D eigenvalue weighted by Gasteiger charge is 2.36. The lowest BCUT2D eigenvalue weighted by atomic mass is 10.2. The molecular formula is C8H3F5N2O4. The summed E-state index contributed by atoms with van der Waals surface area (Å²) in [6.45, 7) is 0. The molecule has 1 aromatic heterocycles. The van der Waals surface area contributed by atoms with Crippen molar-refractivity contribution in [1.82, 2.24) is 4.98 Å². The molecule has 0 radical (unpaired) electrons. The third-order valence-corrected chi connectivity index (χ3v) is 1.78. The van der Waals surface area contributed by atoms with Gasteiger partial charge in [0, 0.05) is 0 Å². The van der Waals surface area contributed by atoms with Crippen LogP contribution >= 0.6 is 0 Å². The van der Waals surface area contributed by atoms with E-state index in [-0.39, 0.29) is 12.4 Å². The lowest BCUT2D eigenvalue weighted by molar-refractivity contribution is -0.389. The van der Waals surface area contributed by atoms with Gasteiger partial charge < -0.3 is 14.9 Å². The molecule has 0 aliphatic rings. The molecule has 1 aromatic rings. The average Bonchev–Trinajstić information content (AvgIpc) is 2.24. The normalized spacial score (nSPS) is 11.5. The summed E-state index contributed by atoms with van der Waals surface area (Å²) in [5.74, 6) is -2.75. The van der Waals surface area contributed by atoms with Gasteiger partial charge in [-0.2, -0.15) is 0 Å². The van der Waals surface area contributed by atoms with Crippen LogP contribution in [0.5, 0.6) is 5.75 Å². The topological polar surface area (TPSA) is 82.3 Å². The van der Waals surface area contributed by atoms with E-state index in [1.807, 2.05) is 0 Å². The molecule has 0 fully saturated rings. The number of pyridine rings is 1. The predicted molar refractivity (Wildman–Crippen MR) is 47.9 cm³/mol. The molecule has 0 saturated carbocycles. The molecule has 0 atom stereocenters. The van der Waals surface area contributed by atoms with Crippen LogP contribution in [0.3, 0.4) is 0 Å². The van der Waals surface area contributed by atoms with Gasteiger partial charge in [0.05, 0.1) is 6.07 Å². The smallest absolute Gasteiger partial charge is 0.405 e. The van der Waals surface area contributed by atoms with Crippen molar-refractivity contribution < 1.29 is 36.4 Å². The highest BCUT2D eigenvalue weighted by atomic mass is 19.4. The molecule has 0 aliphatic heterocycles. The van der Waals surface area contributed by atoms with Crippen molar-refractivity contribution in [2.24, 2.45) is 0 Å². The summed E-state index contributed by atoms with van der Waals surface area (Å²) in [4.78, 5) is 22.5. The minimum absolute atomic E-state index is 0.0714. The quantitative estimate of drug-likeness (QED) is 0.368. The van der Waals surface area contributed by atoms with Crippen LogP contribution in [0, 0.1) is 10.1 Å². The van der Waals surface area contributed by atoms with Gasteiger partial charge in [-0.25, -0.2) is 8.78 Å². The van der Waals surface area contributed by atoms with Crippen LogP contribution in [0.2, 0.25) is 0 Å². The Bertz CT molecular complexity index is 517. The molecule has 0 bridgehead atoms. The van der Waals surface area contributed by atoms with Crippen LogP contribution in [0.4, 0.5) is 27.8 Å². The largest absolute Gasteiger partial charge is 0.573 e. The van der Waals surface area contributed by atoms with Gasteiger partial charge in [-0.1, -0.05) is 0 Å². The van der Waals surface area contributed by atoms with E-state index < -0.39 is 40.5 Å². The Balaban J connectivity index is 3.50. The Hall–Kier alpha value is -2.33. The van der Waals surface area contributed by atoms with Crippen LogP contribution in [-0.4, -0.2) is 22.6 Å². The molecule has 19 heavy (non-hydrogen) atoms. The van der Waals surface area contributed by atoms with E-state index in [4.69, 9.17) is 0 Å². The molecule has 1 rings (SSSR count). The van der Waals surface area contributed by atoms with Gasteiger partial charge in [-0.05, 0) is 9.91 Å². The zero-order valence-corrected chi connectivity index (χ0v) is 8.65. The standard InChI is InChI=1S/C8H3F5N2O4/c9-7(10)6-3(2-16)14-5(15(17)18)1-4(6)19-8(11,12)13/h1-2,7H. The Labute approximate surface area is 101 Å². The number of aldehydes is 1. The first-order valence-corrected chi connectivity index (χ1v) is 4.34. The number of hydrogen-bond donors (Lipinski definition) is 0. The number of carbonyl (C=O) groups is 1. The van der Waals surface area contributed by atoms with E-state index in [0.717, 1.165) is 0 Å². The van der Waals surface area contributed by atoms with E-state index in [1.165, 1.54) is 0 Å². The monoisotopic (exact) mass is 286 g/mol. The average molecular weight is 286 g/mol. The maximum Gasteiger partial charge on any atom is 0.573 e. The van der Waals surface area contributed by atoms with Gasteiger partial charge >= 0.3 is 12.2 Å². The first-order valence-electron chi connectivity index (χ1n) is 4.34. The van der Waals surface area contributed by atoms with Crippen LogP contribution in [0.25, 0.3) is 0 Å². The zero-order chi connectivity index (χ0) is 14.8. The Kier molecular flexibility index (Phi) is 3.97. The van der Waals surface area contributed by atoms with Gasteiger partial charge in [0.1, 0.15) is 5.56 Å². The zero-order valence-electron chi connectivity index (χ0n) is 8.65. The van der Waals surface area contributed by atoms with Crippen LogP contribution in [0.1, 0.15) is 22.5 Å². The van der Waals surface area contributed by atoms with Crippen molar-refractivity contribution in [1.29, 1.82) is 0 Å². The minimum atomic E-state index is -5.35. The minimum Gasteiger partial charge on any atom is -0.405 e. The van der Waals surface area contributed by atoms with Crippen LogP contribution < -0.4 is 4.74 Å². The molecule has 0 unspecified atom stereocenters. The van der Waals surface area contributed by atoms with E-state index in [2.05, 4.69) is 9.72 Å². The summed E-state index contributed by atoms with van der Waals surface area (Å²) < 4.78 is 64.4. The molecule has 0 aromatic carbocycles. The Morgan fingerprint density at radius 2 is 2.00 bits per heavy atom. The number of halogens is 5. The van der Waals surface area contributed by atoms with Gasteiger partial charge in [-0.15, -0.1) is 13.2 Å². The summed E-state index contributed by atoms with van der Waals surface area (Å²) in [7, 11) is 0. The van der Waals surface area contributed by atoms with Gasteiger partial charge in [0.2, 0.25) is 5.69 Å². The molecule has 0 amide bonds. The fourth-order valence-corrected chi connectivity index (χ4v) is 1.15. The molecule has 104 valence electrons. The van der Waals surface area contributed by atoms with Gasteiger partial charge in [-0.3, -0.25) is 4.79 Å². The molecular weight excluding hydrogens is 283 g/mol. The second kappa shape index (κ2) is 5.12. The second-order valence-corrected chi connectivity index (χ2v) is 3.00. The fourth-order valence-electron chi connectivity index (χ4n) is 1.15. The first kappa shape index (κ1) is 14.7. The molecule has 0 spiro atoms. The van der Waals surface area contributed by atoms with Crippen molar-refractivity contribution >= 4 is 12.1 Å². The Morgan fingerprint density at radius 1 is 1.42 bits per heavy atom. The third kappa shape index (κ3) is 3.56. The number of ether oxygens (including phenoxy) is 1. The van der Waals surface area contributed by atoms with Crippen molar-refractivity contribution in [3.05, 3.63) is 27.4 Å². The van der Waals surface area contributed by atoms with Crippen molar-refractivity contribution in [3.8, 4) is 5.75 Å². The first-order chi connectivity index (χ1) is 8.65. The van der Waals surface area contributed by atoms with Crippen molar-refractivity contribution in [3.63, 3.8) is 0 Å². The van der Waals surface area contributed by atoms with Crippen molar-refractivity contribution in [2.45, 2.75) is 12.8 Å². The highest BCUT2D eigenvalue weighted by molar-refractivity contribution is 5.76. The molecule has 0 aliphatic carbocycles. The molecule has 0 saturated heterocycles. The molecule has 6 nitrogen and oxygen atoms in total. The van der Waals surface area contributed by atoms with E-state index in [0.29, 0.717) is 0 Å². The lowest BCUT2D eigenvalue weighted by Crippen LogP contribution is -2.19. The summed E-state index contributed by atoms with van der Waals surface area (Å²) in [6.07, 6.45) is -9.19. The summed E-state index contributed by atoms with van der Waals surface area (Å²) >= 11 is 0.